The molecule has 0 heterocycles. The molecule has 0 N–H and O–H groups in total. The number of rotatable bonds is 3. The molecule has 0 radical (unpaired) electrons. The topological polar surface area (TPSA) is 34.1 Å². The van der Waals surface area contributed by atoms with E-state index in [-0.39, 0.29) is 17.1 Å². The van der Waals surface area contributed by atoms with Gasteiger partial charge in [-0.25, -0.2) is 0 Å². The third kappa shape index (κ3) is 1.63. The van der Waals surface area contributed by atoms with Crippen molar-refractivity contribution in [1.82, 2.24) is 0 Å². The second-order valence-corrected chi connectivity index (χ2v) is 3.85. The Hall–Kier alpha value is -0.920. The normalized spacial score (nSPS) is 26.2. The molecule has 12 heavy (non-hydrogen) atoms. The zero-order valence-corrected chi connectivity index (χ0v) is 7.54. The summed E-state index contributed by atoms with van der Waals surface area (Å²) in [5, 5.41) is 0. The lowest BCUT2D eigenvalue weighted by atomic mass is 9.79. The van der Waals surface area contributed by atoms with Crippen LogP contribution in [-0.4, -0.2) is 12.1 Å². The highest BCUT2D eigenvalue weighted by Gasteiger charge is 2.35. The molecule has 2 nitrogen and oxygen atoms in total. The number of carbonyl (C=O) groups excluding carboxylic acids is 2. The smallest absolute Gasteiger partial charge is 0.159 e. The molecule has 0 saturated heterocycles. The number of ketones is 1. The predicted molar refractivity (Wildman–Crippen MR) is 46.7 cm³/mol. The lowest BCUT2D eigenvalue weighted by Gasteiger charge is -2.23. The van der Waals surface area contributed by atoms with Crippen LogP contribution in [0.3, 0.4) is 0 Å². The van der Waals surface area contributed by atoms with Gasteiger partial charge in [-0.3, -0.25) is 4.79 Å². The van der Waals surface area contributed by atoms with E-state index in [0.29, 0.717) is 12.8 Å². The van der Waals surface area contributed by atoms with E-state index < -0.39 is 0 Å². The van der Waals surface area contributed by atoms with Crippen molar-refractivity contribution in [2.24, 2.45) is 11.3 Å². The highest BCUT2D eigenvalue weighted by molar-refractivity contribution is 5.95. The van der Waals surface area contributed by atoms with Crippen molar-refractivity contribution in [3.05, 3.63) is 12.2 Å². The van der Waals surface area contributed by atoms with Crippen LogP contribution in [0.25, 0.3) is 0 Å². The minimum Gasteiger partial charge on any atom is -0.303 e. The van der Waals surface area contributed by atoms with E-state index >= 15 is 0 Å². The summed E-state index contributed by atoms with van der Waals surface area (Å²) in [5.41, 5.74) is -0.0555. The second-order valence-electron chi connectivity index (χ2n) is 3.85. The van der Waals surface area contributed by atoms with Gasteiger partial charge in [0.15, 0.2) is 5.78 Å². The molecule has 0 amide bonds. The molecular formula is C10H14O2. The number of aldehydes is 1. The summed E-state index contributed by atoms with van der Waals surface area (Å²) in [5.74, 6) is 0.185. The van der Waals surface area contributed by atoms with Crippen LogP contribution < -0.4 is 0 Å². The molecule has 0 bridgehead atoms. The average molecular weight is 166 g/mol. The van der Waals surface area contributed by atoms with Gasteiger partial charge in [-0.1, -0.05) is 19.9 Å². The standard InChI is InChI=1S/C10H14O2/c1-10(2)6-5-9(12)8(10)4-3-7-11/h5-8H,3-4H2,1-2H3. The van der Waals surface area contributed by atoms with Gasteiger partial charge in [0.1, 0.15) is 6.29 Å². The molecule has 0 aliphatic heterocycles. The van der Waals surface area contributed by atoms with E-state index in [1.54, 1.807) is 6.08 Å². The Bertz CT molecular complexity index is 226. The summed E-state index contributed by atoms with van der Waals surface area (Å²) < 4.78 is 0. The fraction of sp³-hybridized carbons (Fsp3) is 0.600. The van der Waals surface area contributed by atoms with Crippen LogP contribution in [0.4, 0.5) is 0 Å². The third-order valence-corrected chi connectivity index (χ3v) is 2.49. The largest absolute Gasteiger partial charge is 0.303 e. The van der Waals surface area contributed by atoms with Gasteiger partial charge in [-0.05, 0) is 17.9 Å². The van der Waals surface area contributed by atoms with Gasteiger partial charge in [0.2, 0.25) is 0 Å². The number of carbonyl (C=O) groups is 2. The molecule has 0 fully saturated rings. The molecule has 1 unspecified atom stereocenters. The molecule has 0 saturated carbocycles. The van der Waals surface area contributed by atoms with Crippen LogP contribution in [0, 0.1) is 11.3 Å². The van der Waals surface area contributed by atoms with E-state index in [0.717, 1.165) is 6.29 Å². The zero-order chi connectivity index (χ0) is 9.19. The van der Waals surface area contributed by atoms with E-state index in [1.807, 2.05) is 19.9 Å². The monoisotopic (exact) mass is 166 g/mol. The molecule has 1 aliphatic carbocycles. The first-order valence-electron chi connectivity index (χ1n) is 4.24. The quantitative estimate of drug-likeness (QED) is 0.598. The minimum atomic E-state index is -0.0555. The van der Waals surface area contributed by atoms with Crippen LogP contribution >= 0.6 is 0 Å². The van der Waals surface area contributed by atoms with Crippen LogP contribution in [-0.2, 0) is 9.59 Å². The molecule has 1 atom stereocenters. The van der Waals surface area contributed by atoms with Gasteiger partial charge in [0, 0.05) is 12.3 Å². The highest BCUT2D eigenvalue weighted by Crippen LogP contribution is 2.37. The summed E-state index contributed by atoms with van der Waals surface area (Å²) in [6, 6.07) is 0. The van der Waals surface area contributed by atoms with E-state index in [2.05, 4.69) is 0 Å². The molecule has 1 aliphatic rings. The van der Waals surface area contributed by atoms with Crippen molar-refractivity contribution in [2.45, 2.75) is 26.7 Å². The van der Waals surface area contributed by atoms with E-state index in [1.165, 1.54) is 0 Å². The SMILES string of the molecule is CC1(C)C=CC(=O)C1CCC=O. The van der Waals surface area contributed by atoms with Gasteiger partial charge in [-0.15, -0.1) is 0 Å². The maximum absolute atomic E-state index is 11.3. The van der Waals surface area contributed by atoms with Gasteiger partial charge < -0.3 is 4.79 Å². The van der Waals surface area contributed by atoms with Crippen molar-refractivity contribution >= 4 is 12.1 Å². The van der Waals surface area contributed by atoms with Gasteiger partial charge in [0.25, 0.3) is 0 Å². The molecule has 66 valence electrons. The lowest BCUT2D eigenvalue weighted by molar-refractivity contribution is -0.119. The molecule has 0 aromatic rings. The summed E-state index contributed by atoms with van der Waals surface area (Å²) in [6.45, 7) is 4.06. The molecule has 2 heteroatoms. The van der Waals surface area contributed by atoms with Crippen molar-refractivity contribution in [2.75, 3.05) is 0 Å². The van der Waals surface area contributed by atoms with Gasteiger partial charge >= 0.3 is 0 Å². The first-order chi connectivity index (χ1) is 5.58. The molecular weight excluding hydrogens is 152 g/mol. The first kappa shape index (κ1) is 9.17. The minimum absolute atomic E-state index is 0.0164. The van der Waals surface area contributed by atoms with E-state index in [9.17, 15) is 9.59 Å². The average Bonchev–Trinajstić information content (AvgIpc) is 2.24. The Morgan fingerprint density at radius 3 is 2.67 bits per heavy atom. The number of hydrogen-bond donors (Lipinski definition) is 0. The third-order valence-electron chi connectivity index (χ3n) is 2.49. The van der Waals surface area contributed by atoms with Crippen molar-refractivity contribution in [1.29, 1.82) is 0 Å². The summed E-state index contributed by atoms with van der Waals surface area (Å²) in [4.78, 5) is 21.4. The van der Waals surface area contributed by atoms with Crippen molar-refractivity contribution < 1.29 is 9.59 Å². The van der Waals surface area contributed by atoms with E-state index in [4.69, 9.17) is 0 Å². The fourth-order valence-corrected chi connectivity index (χ4v) is 1.64. The predicted octanol–water partition coefficient (Wildman–Crippen LogP) is 1.75. The zero-order valence-electron chi connectivity index (χ0n) is 7.54. The molecule has 0 aromatic heterocycles. The second kappa shape index (κ2) is 3.21. The van der Waals surface area contributed by atoms with Crippen LogP contribution in [0.15, 0.2) is 12.2 Å². The lowest BCUT2D eigenvalue weighted by Crippen LogP contribution is -2.23. The highest BCUT2D eigenvalue weighted by atomic mass is 16.1. The fourth-order valence-electron chi connectivity index (χ4n) is 1.64. The molecule has 0 spiro atoms. The van der Waals surface area contributed by atoms with Gasteiger partial charge in [0.05, 0.1) is 0 Å². The first-order valence-corrected chi connectivity index (χ1v) is 4.24. The number of hydrogen-bond acceptors (Lipinski definition) is 2. The number of allylic oxidation sites excluding steroid dienone is 2. The summed E-state index contributed by atoms with van der Waals surface area (Å²) in [7, 11) is 0. The van der Waals surface area contributed by atoms with Crippen molar-refractivity contribution in [3.63, 3.8) is 0 Å². The van der Waals surface area contributed by atoms with Gasteiger partial charge in [-0.2, -0.15) is 0 Å². The summed E-state index contributed by atoms with van der Waals surface area (Å²) >= 11 is 0. The Kier molecular flexibility index (Phi) is 2.46. The Balaban J connectivity index is 2.63. The molecule has 0 aromatic carbocycles. The van der Waals surface area contributed by atoms with Crippen molar-refractivity contribution in [3.8, 4) is 0 Å². The Labute approximate surface area is 72.7 Å². The Morgan fingerprint density at radius 1 is 1.58 bits per heavy atom. The molecule has 1 rings (SSSR count). The summed E-state index contributed by atoms with van der Waals surface area (Å²) in [6.07, 6.45) is 5.62. The maximum atomic E-state index is 11.3. The van der Waals surface area contributed by atoms with Crippen LogP contribution in [0.5, 0.6) is 0 Å². The Morgan fingerprint density at radius 2 is 2.25 bits per heavy atom. The van der Waals surface area contributed by atoms with Crippen LogP contribution in [0.2, 0.25) is 0 Å². The van der Waals surface area contributed by atoms with Crippen LogP contribution in [0.1, 0.15) is 26.7 Å². The maximum Gasteiger partial charge on any atom is 0.159 e.